The standard InChI is InChI=1S/C11H16Cl2N2O/c1-2-6-16-7-10(15-14)11-8(12)4-3-5-9(11)13/h3-5,10,15H,2,6-7,14H2,1H3. The fraction of sp³-hybridized carbons (Fsp3) is 0.455. The van der Waals surface area contributed by atoms with Crippen molar-refractivity contribution in [1.29, 1.82) is 0 Å². The van der Waals surface area contributed by atoms with Crippen LogP contribution in [0.5, 0.6) is 0 Å². The Morgan fingerprint density at radius 2 is 2.00 bits per heavy atom. The lowest BCUT2D eigenvalue weighted by Gasteiger charge is -2.18. The minimum Gasteiger partial charge on any atom is -0.379 e. The Kier molecular flexibility index (Phi) is 6.09. The van der Waals surface area contributed by atoms with Crippen LogP contribution in [0.4, 0.5) is 0 Å². The van der Waals surface area contributed by atoms with Gasteiger partial charge in [-0.25, -0.2) is 0 Å². The molecule has 1 aromatic rings. The van der Waals surface area contributed by atoms with Crippen LogP contribution in [0.1, 0.15) is 24.9 Å². The summed E-state index contributed by atoms with van der Waals surface area (Å²) in [6.45, 7) is 3.20. The summed E-state index contributed by atoms with van der Waals surface area (Å²) in [5, 5.41) is 1.19. The molecule has 0 aromatic heterocycles. The zero-order valence-electron chi connectivity index (χ0n) is 9.17. The minimum atomic E-state index is -0.187. The molecule has 0 bridgehead atoms. The van der Waals surface area contributed by atoms with Crippen LogP contribution < -0.4 is 11.3 Å². The molecule has 1 atom stereocenters. The third-order valence-corrected chi connectivity index (χ3v) is 2.84. The highest BCUT2D eigenvalue weighted by Crippen LogP contribution is 2.29. The van der Waals surface area contributed by atoms with Crippen LogP contribution in [0.3, 0.4) is 0 Å². The number of nitrogens with two attached hydrogens (primary N) is 1. The molecule has 3 N–H and O–H groups in total. The van der Waals surface area contributed by atoms with Crippen LogP contribution in [0, 0.1) is 0 Å². The fourth-order valence-corrected chi connectivity index (χ4v) is 2.06. The van der Waals surface area contributed by atoms with Crippen LogP contribution >= 0.6 is 23.2 Å². The summed E-state index contributed by atoms with van der Waals surface area (Å²) in [5.41, 5.74) is 3.45. The number of ether oxygens (including phenoxy) is 1. The Hall–Kier alpha value is -0.320. The molecule has 90 valence electrons. The van der Waals surface area contributed by atoms with E-state index in [1.165, 1.54) is 0 Å². The monoisotopic (exact) mass is 262 g/mol. The first-order chi connectivity index (χ1) is 7.70. The number of nitrogens with one attached hydrogen (secondary N) is 1. The van der Waals surface area contributed by atoms with E-state index in [-0.39, 0.29) is 6.04 Å². The van der Waals surface area contributed by atoms with Crippen molar-refractivity contribution in [2.24, 2.45) is 5.84 Å². The lowest BCUT2D eigenvalue weighted by atomic mass is 10.1. The van der Waals surface area contributed by atoms with Crippen LogP contribution in [0.2, 0.25) is 10.0 Å². The van der Waals surface area contributed by atoms with Gasteiger partial charge in [-0.15, -0.1) is 0 Å². The molecule has 0 saturated carbocycles. The van der Waals surface area contributed by atoms with Crippen molar-refractivity contribution in [3.05, 3.63) is 33.8 Å². The molecule has 1 rings (SSSR count). The molecule has 0 fully saturated rings. The first-order valence-corrected chi connectivity index (χ1v) is 5.94. The summed E-state index contributed by atoms with van der Waals surface area (Å²) in [6.07, 6.45) is 0.966. The molecule has 0 saturated heterocycles. The summed E-state index contributed by atoms with van der Waals surface area (Å²) in [5.74, 6) is 5.48. The second kappa shape index (κ2) is 7.09. The van der Waals surface area contributed by atoms with Gasteiger partial charge < -0.3 is 4.74 Å². The summed E-state index contributed by atoms with van der Waals surface area (Å²) in [4.78, 5) is 0. The molecule has 1 aromatic carbocycles. The number of hydrogen-bond donors (Lipinski definition) is 2. The quantitative estimate of drug-likeness (QED) is 0.471. The van der Waals surface area contributed by atoms with Crippen molar-refractivity contribution >= 4 is 23.2 Å². The second-order valence-corrected chi connectivity index (χ2v) is 4.24. The molecule has 0 amide bonds. The zero-order chi connectivity index (χ0) is 12.0. The van der Waals surface area contributed by atoms with E-state index in [0.717, 1.165) is 12.0 Å². The van der Waals surface area contributed by atoms with Crippen LogP contribution in [-0.2, 0) is 4.74 Å². The lowest BCUT2D eigenvalue weighted by Crippen LogP contribution is -2.32. The normalized spacial score (nSPS) is 12.8. The van der Waals surface area contributed by atoms with Gasteiger partial charge in [-0.1, -0.05) is 36.2 Å². The number of hydrazine groups is 1. The van der Waals surface area contributed by atoms with Gasteiger partial charge in [-0.05, 0) is 18.6 Å². The minimum absolute atomic E-state index is 0.187. The van der Waals surface area contributed by atoms with Crippen LogP contribution in [0.25, 0.3) is 0 Å². The van der Waals surface area contributed by atoms with E-state index in [1.807, 2.05) is 6.92 Å². The Bertz CT molecular complexity index is 314. The van der Waals surface area contributed by atoms with Gasteiger partial charge in [0.15, 0.2) is 0 Å². The average molecular weight is 263 g/mol. The number of hydrogen-bond acceptors (Lipinski definition) is 3. The van der Waals surface area contributed by atoms with Crippen molar-refractivity contribution in [1.82, 2.24) is 5.43 Å². The molecule has 0 aliphatic rings. The van der Waals surface area contributed by atoms with Gasteiger partial charge in [0.25, 0.3) is 0 Å². The molecule has 0 spiro atoms. The Morgan fingerprint density at radius 3 is 2.50 bits per heavy atom. The van der Waals surface area contributed by atoms with E-state index < -0.39 is 0 Å². The molecule has 16 heavy (non-hydrogen) atoms. The van der Waals surface area contributed by atoms with Crippen molar-refractivity contribution in [3.8, 4) is 0 Å². The topological polar surface area (TPSA) is 47.3 Å². The van der Waals surface area contributed by atoms with E-state index in [0.29, 0.717) is 23.3 Å². The van der Waals surface area contributed by atoms with Gasteiger partial charge in [-0.2, -0.15) is 0 Å². The van der Waals surface area contributed by atoms with Gasteiger partial charge in [0.05, 0.1) is 12.6 Å². The molecule has 0 aliphatic heterocycles. The summed E-state index contributed by atoms with van der Waals surface area (Å²) in [7, 11) is 0. The molecule has 0 radical (unpaired) electrons. The van der Waals surface area contributed by atoms with E-state index >= 15 is 0 Å². The van der Waals surface area contributed by atoms with E-state index in [2.05, 4.69) is 5.43 Å². The third-order valence-electron chi connectivity index (χ3n) is 2.18. The summed E-state index contributed by atoms with van der Waals surface area (Å²) in [6, 6.07) is 5.18. The maximum absolute atomic E-state index is 6.08. The molecule has 0 heterocycles. The Labute approximate surface area is 106 Å². The van der Waals surface area contributed by atoms with Crippen LogP contribution in [0.15, 0.2) is 18.2 Å². The predicted molar refractivity (Wildman–Crippen MR) is 67.6 cm³/mol. The van der Waals surface area contributed by atoms with Gasteiger partial charge in [0, 0.05) is 22.2 Å². The van der Waals surface area contributed by atoms with Gasteiger partial charge in [-0.3, -0.25) is 11.3 Å². The largest absolute Gasteiger partial charge is 0.379 e. The van der Waals surface area contributed by atoms with E-state index in [1.54, 1.807) is 18.2 Å². The van der Waals surface area contributed by atoms with Crippen LogP contribution in [-0.4, -0.2) is 13.2 Å². The van der Waals surface area contributed by atoms with Crippen molar-refractivity contribution in [2.45, 2.75) is 19.4 Å². The van der Waals surface area contributed by atoms with Crippen molar-refractivity contribution < 1.29 is 4.74 Å². The molecule has 5 heteroatoms. The maximum Gasteiger partial charge on any atom is 0.0723 e. The molecule has 3 nitrogen and oxygen atoms in total. The predicted octanol–water partition coefficient (Wildman–Crippen LogP) is 2.92. The molecular formula is C11H16Cl2N2O. The zero-order valence-corrected chi connectivity index (χ0v) is 10.7. The Morgan fingerprint density at radius 1 is 1.38 bits per heavy atom. The fourth-order valence-electron chi connectivity index (χ4n) is 1.40. The number of rotatable bonds is 6. The van der Waals surface area contributed by atoms with Gasteiger partial charge >= 0.3 is 0 Å². The smallest absolute Gasteiger partial charge is 0.0723 e. The first-order valence-electron chi connectivity index (χ1n) is 5.18. The number of benzene rings is 1. The summed E-state index contributed by atoms with van der Waals surface area (Å²) >= 11 is 12.2. The maximum atomic E-state index is 6.08. The highest BCUT2D eigenvalue weighted by atomic mass is 35.5. The van der Waals surface area contributed by atoms with E-state index in [9.17, 15) is 0 Å². The van der Waals surface area contributed by atoms with Crippen molar-refractivity contribution in [2.75, 3.05) is 13.2 Å². The molecule has 0 aliphatic carbocycles. The average Bonchev–Trinajstić information content (AvgIpc) is 2.26. The van der Waals surface area contributed by atoms with Gasteiger partial charge in [0.2, 0.25) is 0 Å². The lowest BCUT2D eigenvalue weighted by molar-refractivity contribution is 0.112. The number of halogens is 2. The van der Waals surface area contributed by atoms with Gasteiger partial charge in [0.1, 0.15) is 0 Å². The highest BCUT2D eigenvalue weighted by molar-refractivity contribution is 6.36. The molecule has 1 unspecified atom stereocenters. The summed E-state index contributed by atoms with van der Waals surface area (Å²) < 4.78 is 5.44. The second-order valence-electron chi connectivity index (χ2n) is 3.43. The SMILES string of the molecule is CCCOCC(NN)c1c(Cl)cccc1Cl. The molecular weight excluding hydrogens is 247 g/mol. The third kappa shape index (κ3) is 3.61. The van der Waals surface area contributed by atoms with Crippen molar-refractivity contribution in [3.63, 3.8) is 0 Å². The first kappa shape index (κ1) is 13.7. The highest BCUT2D eigenvalue weighted by Gasteiger charge is 2.16. The van der Waals surface area contributed by atoms with E-state index in [4.69, 9.17) is 33.8 Å². The Balaban J connectivity index is 2.78.